The Labute approximate surface area is 317 Å². The van der Waals surface area contributed by atoms with E-state index < -0.39 is 0 Å². The van der Waals surface area contributed by atoms with Crippen molar-refractivity contribution in [3.8, 4) is 0 Å². The molecule has 1 unspecified atom stereocenters. The normalized spacial score (nSPS) is 17.2. The maximum atomic E-state index is 2.69. The molecule has 0 spiro atoms. The van der Waals surface area contributed by atoms with Crippen LogP contribution in [0.3, 0.4) is 0 Å². The Bertz CT molecular complexity index is 2150. The second-order valence-electron chi connectivity index (χ2n) is 19.1. The molecule has 2 heterocycles. The van der Waals surface area contributed by atoms with E-state index in [-0.39, 0.29) is 29.7 Å². The molecule has 2 aliphatic heterocycles. The summed E-state index contributed by atoms with van der Waals surface area (Å²) in [5, 5.41) is 0. The zero-order chi connectivity index (χ0) is 37.7. The molecule has 0 amide bonds. The minimum Gasteiger partial charge on any atom is -0.313 e. The smallest absolute Gasteiger partial charge is 0.246 e. The molecule has 7 rings (SSSR count). The predicted molar refractivity (Wildman–Crippen MR) is 232 cm³/mol. The standard InChI is InChI=1S/C49H61B2N/c1-15-49(14,16-2)37-28-41-46-42(29-37)51(45-33(6)24-31(4)25-34(45)7)40-27-36(48(11,12)13)19-22-44(40)52(46)43-21-18-35(47(8,9)10)26-39(43)50(41)38-20-17-30(3)23-32(38)5/h17-24,26-29,34H,15-16,25H2,1-14H3. The molecule has 0 bridgehead atoms. The predicted octanol–water partition coefficient (Wildman–Crippen LogP) is 10.0. The van der Waals surface area contributed by atoms with Crippen LogP contribution in [-0.4, -0.2) is 13.4 Å². The van der Waals surface area contributed by atoms with Gasteiger partial charge < -0.3 is 4.90 Å². The van der Waals surface area contributed by atoms with Gasteiger partial charge in [-0.3, -0.25) is 0 Å². The van der Waals surface area contributed by atoms with Crippen molar-refractivity contribution in [1.29, 1.82) is 0 Å². The van der Waals surface area contributed by atoms with Crippen LogP contribution < -0.4 is 32.2 Å². The second kappa shape index (κ2) is 12.7. The SMILES string of the molecule is CCC(C)(CC)c1cc2c3c(c1)B(c1ccc(C)cc1C)c1cc(C(C)(C)C)ccc1N3c1ccc(C(C)(C)C)cc1B2C1=C(C)C=C(C)CC1C. The molecular formula is C49H61B2N. The van der Waals surface area contributed by atoms with Crippen molar-refractivity contribution in [3.05, 3.63) is 117 Å². The molecule has 1 nitrogen and oxygen atoms in total. The lowest BCUT2D eigenvalue weighted by Gasteiger charge is -2.47. The lowest BCUT2D eigenvalue weighted by molar-refractivity contribution is 0.439. The van der Waals surface area contributed by atoms with Gasteiger partial charge in [-0.1, -0.05) is 163 Å². The first-order valence-corrected chi connectivity index (χ1v) is 20.1. The molecule has 4 aromatic carbocycles. The molecule has 0 radical (unpaired) electrons. The van der Waals surface area contributed by atoms with Crippen molar-refractivity contribution in [2.45, 2.75) is 132 Å². The van der Waals surface area contributed by atoms with E-state index in [1.165, 1.54) is 83.3 Å². The summed E-state index contributed by atoms with van der Waals surface area (Å²) in [5.41, 5.74) is 23.1. The van der Waals surface area contributed by atoms with E-state index in [2.05, 4.69) is 175 Å². The molecule has 0 fully saturated rings. The minimum atomic E-state index is 0.0391. The highest BCUT2D eigenvalue weighted by molar-refractivity contribution is 7.01. The van der Waals surface area contributed by atoms with Crippen molar-refractivity contribution in [2.24, 2.45) is 5.92 Å². The van der Waals surface area contributed by atoms with Crippen LogP contribution in [0.15, 0.2) is 89.4 Å². The molecule has 4 aromatic rings. The summed E-state index contributed by atoms with van der Waals surface area (Å²) < 4.78 is 0. The number of fused-ring (bicyclic) bond motifs is 4. The summed E-state index contributed by atoms with van der Waals surface area (Å²) in [5.74, 6) is 0.469. The maximum absolute atomic E-state index is 2.69. The van der Waals surface area contributed by atoms with Crippen LogP contribution in [0.1, 0.15) is 130 Å². The third-order valence-corrected chi connectivity index (χ3v) is 13.3. The van der Waals surface area contributed by atoms with Crippen LogP contribution in [-0.2, 0) is 16.2 Å². The van der Waals surface area contributed by atoms with Crippen molar-refractivity contribution in [1.82, 2.24) is 0 Å². The van der Waals surface area contributed by atoms with Gasteiger partial charge >= 0.3 is 0 Å². The van der Waals surface area contributed by atoms with Gasteiger partial charge in [-0.2, -0.15) is 0 Å². The van der Waals surface area contributed by atoms with Gasteiger partial charge in [-0.15, -0.1) is 0 Å². The number of nitrogens with zero attached hydrogens (tertiary/aromatic N) is 1. The Morgan fingerprint density at radius 2 is 1.13 bits per heavy atom. The molecule has 1 aliphatic carbocycles. The lowest BCUT2D eigenvalue weighted by Crippen LogP contribution is -2.64. The van der Waals surface area contributed by atoms with Crippen LogP contribution in [0.4, 0.5) is 17.1 Å². The molecule has 0 saturated carbocycles. The summed E-state index contributed by atoms with van der Waals surface area (Å²) in [7, 11) is 0. The van der Waals surface area contributed by atoms with E-state index in [1.54, 1.807) is 5.47 Å². The highest BCUT2D eigenvalue weighted by Crippen LogP contribution is 2.44. The Balaban J connectivity index is 1.68. The molecule has 0 saturated heterocycles. The summed E-state index contributed by atoms with van der Waals surface area (Å²) in [6.45, 7) is 33.5. The van der Waals surface area contributed by atoms with E-state index in [9.17, 15) is 0 Å². The molecule has 52 heavy (non-hydrogen) atoms. The number of aryl methyl sites for hydroxylation is 2. The average molecular weight is 686 g/mol. The van der Waals surface area contributed by atoms with Crippen molar-refractivity contribution in [3.63, 3.8) is 0 Å². The average Bonchev–Trinajstić information content (AvgIpc) is 3.07. The lowest BCUT2D eigenvalue weighted by atomic mass is 9.28. The first-order valence-electron chi connectivity index (χ1n) is 20.1. The van der Waals surface area contributed by atoms with E-state index >= 15 is 0 Å². The fraction of sp³-hybridized carbons (Fsp3) is 0.429. The zero-order valence-corrected chi connectivity index (χ0v) is 34.7. The molecule has 3 aliphatic rings. The summed E-state index contributed by atoms with van der Waals surface area (Å²) in [6.07, 6.45) is 5.82. The summed E-state index contributed by atoms with van der Waals surface area (Å²) >= 11 is 0. The van der Waals surface area contributed by atoms with E-state index in [4.69, 9.17) is 0 Å². The topological polar surface area (TPSA) is 3.24 Å². The van der Waals surface area contributed by atoms with Gasteiger partial charge in [-0.25, -0.2) is 0 Å². The van der Waals surface area contributed by atoms with Crippen LogP contribution in [0.5, 0.6) is 0 Å². The highest BCUT2D eigenvalue weighted by Gasteiger charge is 2.47. The zero-order valence-electron chi connectivity index (χ0n) is 34.7. The van der Waals surface area contributed by atoms with Gasteiger partial charge in [0.15, 0.2) is 0 Å². The monoisotopic (exact) mass is 685 g/mol. The van der Waals surface area contributed by atoms with Crippen LogP contribution >= 0.6 is 0 Å². The number of hydrogen-bond acceptors (Lipinski definition) is 1. The van der Waals surface area contributed by atoms with Gasteiger partial charge in [0, 0.05) is 17.1 Å². The second-order valence-corrected chi connectivity index (χ2v) is 19.1. The van der Waals surface area contributed by atoms with E-state index in [1.807, 2.05) is 0 Å². The summed E-state index contributed by atoms with van der Waals surface area (Å²) in [4.78, 5) is 2.69. The third kappa shape index (κ3) is 5.86. The number of rotatable bonds is 5. The van der Waals surface area contributed by atoms with E-state index in [0.717, 1.165) is 19.3 Å². The highest BCUT2D eigenvalue weighted by atomic mass is 15.2. The van der Waals surface area contributed by atoms with E-state index in [0.29, 0.717) is 5.92 Å². The fourth-order valence-electron chi connectivity index (χ4n) is 9.83. The van der Waals surface area contributed by atoms with Gasteiger partial charge in [0.2, 0.25) is 13.4 Å². The van der Waals surface area contributed by atoms with Crippen molar-refractivity contribution < 1.29 is 0 Å². The van der Waals surface area contributed by atoms with Gasteiger partial charge in [0.25, 0.3) is 0 Å². The Morgan fingerprint density at radius 1 is 0.615 bits per heavy atom. The third-order valence-electron chi connectivity index (χ3n) is 13.3. The largest absolute Gasteiger partial charge is 0.313 e. The molecule has 0 aromatic heterocycles. The number of anilines is 3. The van der Waals surface area contributed by atoms with Gasteiger partial charge in [-0.05, 0) is 120 Å². The van der Waals surface area contributed by atoms with Crippen LogP contribution in [0, 0.1) is 19.8 Å². The fourth-order valence-corrected chi connectivity index (χ4v) is 9.83. The molecular weight excluding hydrogens is 624 g/mol. The first kappa shape index (κ1) is 36.6. The molecule has 0 N–H and O–H groups in total. The number of hydrogen-bond donors (Lipinski definition) is 0. The van der Waals surface area contributed by atoms with Crippen LogP contribution in [0.2, 0.25) is 0 Å². The Morgan fingerprint density at radius 3 is 1.63 bits per heavy atom. The maximum Gasteiger partial charge on any atom is 0.246 e. The minimum absolute atomic E-state index is 0.0391. The number of benzene rings is 4. The Kier molecular flexibility index (Phi) is 8.96. The first-order chi connectivity index (χ1) is 24.4. The van der Waals surface area contributed by atoms with Crippen LogP contribution in [0.25, 0.3) is 0 Å². The molecule has 1 atom stereocenters. The summed E-state index contributed by atoms with van der Waals surface area (Å²) in [6, 6.07) is 27.4. The molecule has 268 valence electrons. The number of allylic oxidation sites excluding steroid dienone is 4. The Hall–Kier alpha value is -3.71. The van der Waals surface area contributed by atoms with Gasteiger partial charge in [0.1, 0.15) is 0 Å². The van der Waals surface area contributed by atoms with Crippen molar-refractivity contribution in [2.75, 3.05) is 4.90 Å². The van der Waals surface area contributed by atoms with Crippen molar-refractivity contribution >= 4 is 57.8 Å². The van der Waals surface area contributed by atoms with Gasteiger partial charge in [0.05, 0.1) is 0 Å². The molecule has 3 heteroatoms. The quantitative estimate of drug-likeness (QED) is 0.167.